The Balaban J connectivity index is 2.07. The maximum Gasteiger partial charge on any atom is 0.266 e. The Morgan fingerprint density at radius 1 is 1.15 bits per heavy atom. The monoisotopic (exact) mass is 348 g/mol. The number of nitrogens with zero attached hydrogens (tertiary/aromatic N) is 1. The van der Waals surface area contributed by atoms with Gasteiger partial charge in [-0.3, -0.25) is 4.79 Å². The molecule has 0 aliphatic heterocycles. The van der Waals surface area contributed by atoms with Crippen LogP contribution in [0, 0.1) is 25.2 Å². The minimum Gasteiger partial charge on any atom is -0.494 e. The summed E-state index contributed by atoms with van der Waals surface area (Å²) in [4.78, 5) is 12.4. The summed E-state index contributed by atoms with van der Waals surface area (Å²) in [6, 6.07) is 15.0. The summed E-state index contributed by atoms with van der Waals surface area (Å²) >= 11 is 0. The molecule has 0 aliphatic carbocycles. The largest absolute Gasteiger partial charge is 0.494 e. The van der Waals surface area contributed by atoms with E-state index in [1.54, 1.807) is 6.08 Å². The number of carbonyl (C=O) groups is 1. The fourth-order valence-corrected chi connectivity index (χ4v) is 2.33. The normalized spacial score (nSPS) is 10.9. The minimum atomic E-state index is -0.418. The Kier molecular flexibility index (Phi) is 6.99. The molecular weight excluding hydrogens is 324 g/mol. The van der Waals surface area contributed by atoms with E-state index in [9.17, 15) is 10.1 Å². The van der Waals surface area contributed by atoms with Crippen LogP contribution in [0.15, 0.2) is 48.0 Å². The van der Waals surface area contributed by atoms with Crippen LogP contribution < -0.4 is 10.1 Å². The van der Waals surface area contributed by atoms with Crippen molar-refractivity contribution in [3.8, 4) is 11.8 Å². The summed E-state index contributed by atoms with van der Waals surface area (Å²) in [5, 5.41) is 12.1. The SMILES string of the molecule is CCCCOc1ccc(/C=C(\C#N)C(=O)Nc2ccc(C)c(C)c2)cc1. The Labute approximate surface area is 155 Å². The van der Waals surface area contributed by atoms with E-state index in [2.05, 4.69) is 12.2 Å². The van der Waals surface area contributed by atoms with Gasteiger partial charge in [0.1, 0.15) is 17.4 Å². The van der Waals surface area contributed by atoms with Crippen LogP contribution in [-0.2, 0) is 4.79 Å². The van der Waals surface area contributed by atoms with Crippen molar-refractivity contribution in [1.82, 2.24) is 0 Å². The zero-order valence-corrected chi connectivity index (χ0v) is 15.5. The smallest absolute Gasteiger partial charge is 0.266 e. The fourth-order valence-electron chi connectivity index (χ4n) is 2.33. The Morgan fingerprint density at radius 2 is 1.88 bits per heavy atom. The van der Waals surface area contributed by atoms with E-state index < -0.39 is 5.91 Å². The van der Waals surface area contributed by atoms with E-state index in [1.165, 1.54) is 0 Å². The van der Waals surface area contributed by atoms with E-state index in [1.807, 2.05) is 62.4 Å². The number of amides is 1. The second-order valence-corrected chi connectivity index (χ2v) is 6.19. The molecule has 0 unspecified atom stereocenters. The molecule has 1 amide bonds. The molecule has 0 fully saturated rings. The molecule has 0 bridgehead atoms. The number of benzene rings is 2. The van der Waals surface area contributed by atoms with Crippen molar-refractivity contribution < 1.29 is 9.53 Å². The van der Waals surface area contributed by atoms with Crippen LogP contribution in [0.1, 0.15) is 36.5 Å². The van der Waals surface area contributed by atoms with Crippen LogP contribution in [0.5, 0.6) is 5.75 Å². The van der Waals surface area contributed by atoms with Crippen molar-refractivity contribution in [3.05, 3.63) is 64.7 Å². The van der Waals surface area contributed by atoms with Gasteiger partial charge in [-0.25, -0.2) is 0 Å². The summed E-state index contributed by atoms with van der Waals surface area (Å²) in [6.45, 7) is 6.80. The van der Waals surface area contributed by atoms with Gasteiger partial charge in [0, 0.05) is 5.69 Å². The van der Waals surface area contributed by atoms with Gasteiger partial charge in [0.25, 0.3) is 5.91 Å². The predicted molar refractivity (Wildman–Crippen MR) is 105 cm³/mol. The molecule has 26 heavy (non-hydrogen) atoms. The van der Waals surface area contributed by atoms with Gasteiger partial charge in [0.05, 0.1) is 6.61 Å². The summed E-state index contributed by atoms with van der Waals surface area (Å²) in [5.74, 6) is 0.368. The van der Waals surface area contributed by atoms with E-state index in [-0.39, 0.29) is 5.57 Å². The lowest BCUT2D eigenvalue weighted by Gasteiger charge is -2.07. The van der Waals surface area contributed by atoms with Crippen LogP contribution in [0.3, 0.4) is 0 Å². The lowest BCUT2D eigenvalue weighted by atomic mass is 10.1. The number of nitriles is 1. The zero-order valence-electron chi connectivity index (χ0n) is 15.5. The number of carbonyl (C=O) groups excluding carboxylic acids is 1. The fraction of sp³-hybridized carbons (Fsp3) is 0.273. The Bertz CT molecular complexity index is 830. The van der Waals surface area contributed by atoms with E-state index in [0.717, 1.165) is 35.3 Å². The van der Waals surface area contributed by atoms with Crippen LogP contribution in [0.2, 0.25) is 0 Å². The van der Waals surface area contributed by atoms with Gasteiger partial charge in [-0.05, 0) is 67.3 Å². The molecule has 0 atom stereocenters. The van der Waals surface area contributed by atoms with Gasteiger partial charge >= 0.3 is 0 Å². The second-order valence-electron chi connectivity index (χ2n) is 6.19. The van der Waals surface area contributed by atoms with Crippen molar-refractivity contribution in [3.63, 3.8) is 0 Å². The van der Waals surface area contributed by atoms with E-state index in [0.29, 0.717) is 12.3 Å². The number of hydrogen-bond acceptors (Lipinski definition) is 3. The molecule has 0 radical (unpaired) electrons. The van der Waals surface area contributed by atoms with Crippen LogP contribution >= 0.6 is 0 Å². The first-order chi connectivity index (χ1) is 12.5. The van der Waals surface area contributed by atoms with E-state index >= 15 is 0 Å². The molecule has 2 rings (SSSR count). The van der Waals surface area contributed by atoms with Gasteiger partial charge in [-0.2, -0.15) is 5.26 Å². The molecule has 2 aromatic carbocycles. The summed E-state index contributed by atoms with van der Waals surface area (Å²) in [6.07, 6.45) is 3.67. The van der Waals surface area contributed by atoms with Crippen molar-refractivity contribution in [1.29, 1.82) is 5.26 Å². The third kappa shape index (κ3) is 5.49. The first kappa shape index (κ1) is 19.3. The molecule has 0 heterocycles. The molecule has 2 aromatic rings. The maximum absolute atomic E-state index is 12.4. The second kappa shape index (κ2) is 9.43. The van der Waals surface area contributed by atoms with Gasteiger partial charge in [-0.1, -0.05) is 31.5 Å². The van der Waals surface area contributed by atoms with Crippen molar-refractivity contribution >= 4 is 17.7 Å². The molecule has 0 saturated carbocycles. The van der Waals surface area contributed by atoms with Crippen LogP contribution in [-0.4, -0.2) is 12.5 Å². The average Bonchev–Trinajstić information content (AvgIpc) is 2.64. The third-order valence-corrected chi connectivity index (χ3v) is 4.09. The number of ether oxygens (including phenoxy) is 1. The van der Waals surface area contributed by atoms with Gasteiger partial charge in [0.15, 0.2) is 0 Å². The van der Waals surface area contributed by atoms with Crippen molar-refractivity contribution in [2.45, 2.75) is 33.6 Å². The summed E-state index contributed by atoms with van der Waals surface area (Å²) in [5.41, 5.74) is 3.76. The number of aryl methyl sites for hydroxylation is 2. The number of nitrogens with one attached hydrogen (secondary N) is 1. The highest BCUT2D eigenvalue weighted by Gasteiger charge is 2.10. The molecule has 0 spiro atoms. The summed E-state index contributed by atoms with van der Waals surface area (Å²) in [7, 11) is 0. The van der Waals surface area contributed by atoms with Crippen molar-refractivity contribution in [2.75, 3.05) is 11.9 Å². The summed E-state index contributed by atoms with van der Waals surface area (Å²) < 4.78 is 5.61. The molecular formula is C22H24N2O2. The highest BCUT2D eigenvalue weighted by molar-refractivity contribution is 6.09. The number of unbranched alkanes of at least 4 members (excludes halogenated alkanes) is 1. The number of rotatable bonds is 7. The molecule has 0 saturated heterocycles. The van der Waals surface area contributed by atoms with Gasteiger partial charge < -0.3 is 10.1 Å². The quantitative estimate of drug-likeness (QED) is 0.434. The van der Waals surface area contributed by atoms with Crippen molar-refractivity contribution in [2.24, 2.45) is 0 Å². The third-order valence-electron chi connectivity index (χ3n) is 4.09. The maximum atomic E-state index is 12.4. The number of hydrogen-bond donors (Lipinski definition) is 1. The predicted octanol–water partition coefficient (Wildman–Crippen LogP) is 5.03. The molecule has 4 heteroatoms. The number of anilines is 1. The average molecular weight is 348 g/mol. The zero-order chi connectivity index (χ0) is 18.9. The lowest BCUT2D eigenvalue weighted by Crippen LogP contribution is -2.13. The molecule has 1 N–H and O–H groups in total. The van der Waals surface area contributed by atoms with E-state index in [4.69, 9.17) is 4.74 Å². The standard InChI is InChI=1S/C22H24N2O2/c1-4-5-12-26-21-10-7-18(8-11-21)14-19(15-23)22(25)24-20-9-6-16(2)17(3)13-20/h6-11,13-14H,4-5,12H2,1-3H3,(H,24,25)/b19-14+. The Morgan fingerprint density at radius 3 is 2.50 bits per heavy atom. The first-order valence-corrected chi connectivity index (χ1v) is 8.76. The first-order valence-electron chi connectivity index (χ1n) is 8.76. The highest BCUT2D eigenvalue weighted by Crippen LogP contribution is 2.17. The molecule has 134 valence electrons. The van der Waals surface area contributed by atoms with Crippen LogP contribution in [0.4, 0.5) is 5.69 Å². The Hall–Kier alpha value is -3.06. The molecule has 0 aliphatic rings. The molecule has 4 nitrogen and oxygen atoms in total. The van der Waals surface area contributed by atoms with Gasteiger partial charge in [0.2, 0.25) is 0 Å². The van der Waals surface area contributed by atoms with Gasteiger partial charge in [-0.15, -0.1) is 0 Å². The van der Waals surface area contributed by atoms with Crippen LogP contribution in [0.25, 0.3) is 6.08 Å². The molecule has 0 aromatic heterocycles. The highest BCUT2D eigenvalue weighted by atomic mass is 16.5. The topological polar surface area (TPSA) is 62.1 Å². The minimum absolute atomic E-state index is 0.0582. The lowest BCUT2D eigenvalue weighted by molar-refractivity contribution is -0.112.